The second-order valence-electron chi connectivity index (χ2n) is 10.3. The van der Waals surface area contributed by atoms with Gasteiger partial charge in [-0.2, -0.15) is 0 Å². The molecule has 176 valence electrons. The molecule has 0 spiro atoms. The Morgan fingerprint density at radius 3 is 2.48 bits per heavy atom. The fourth-order valence-electron chi connectivity index (χ4n) is 4.52. The molecule has 2 atom stereocenters. The predicted octanol–water partition coefficient (Wildman–Crippen LogP) is 4.24. The van der Waals surface area contributed by atoms with E-state index in [1.54, 1.807) is 0 Å². The second kappa shape index (κ2) is 9.46. The molecule has 1 aliphatic carbocycles. The smallest absolute Gasteiger partial charge is 0.310 e. The van der Waals surface area contributed by atoms with E-state index in [2.05, 4.69) is 17.0 Å². The number of ether oxygens (including phenoxy) is 2. The van der Waals surface area contributed by atoms with Crippen LogP contribution in [0.15, 0.2) is 48.5 Å². The molecule has 6 nitrogen and oxygen atoms in total. The summed E-state index contributed by atoms with van der Waals surface area (Å²) >= 11 is 0. The van der Waals surface area contributed by atoms with Gasteiger partial charge in [-0.05, 0) is 69.2 Å². The lowest BCUT2D eigenvalue weighted by atomic mass is 9.94. The van der Waals surface area contributed by atoms with E-state index < -0.39 is 5.60 Å². The van der Waals surface area contributed by atoms with Gasteiger partial charge in [0.05, 0.1) is 18.7 Å². The van der Waals surface area contributed by atoms with Gasteiger partial charge in [0.1, 0.15) is 17.5 Å². The molecule has 1 fully saturated rings. The number of carbonyl (C=O) groups excluding carboxylic acids is 2. The van der Waals surface area contributed by atoms with E-state index in [9.17, 15) is 9.59 Å². The van der Waals surface area contributed by atoms with Gasteiger partial charge >= 0.3 is 5.97 Å². The fraction of sp³-hybridized carbons (Fsp3) is 0.481. The molecule has 1 aliphatic heterocycles. The van der Waals surface area contributed by atoms with Crippen LogP contribution in [0.1, 0.15) is 51.2 Å². The molecule has 2 N–H and O–H groups in total. The Morgan fingerprint density at radius 2 is 1.85 bits per heavy atom. The molecular weight excluding hydrogens is 416 g/mol. The molecule has 2 aromatic rings. The maximum atomic E-state index is 12.4. The summed E-state index contributed by atoms with van der Waals surface area (Å²) in [6.07, 6.45) is 2.86. The minimum atomic E-state index is -0.514. The third kappa shape index (κ3) is 6.28. The van der Waals surface area contributed by atoms with E-state index >= 15 is 0 Å². The molecule has 0 aromatic heterocycles. The Morgan fingerprint density at radius 1 is 1.12 bits per heavy atom. The minimum absolute atomic E-state index is 0.115. The monoisotopic (exact) mass is 450 g/mol. The van der Waals surface area contributed by atoms with Crippen LogP contribution in [0.25, 0.3) is 0 Å². The Kier molecular flexibility index (Phi) is 6.63. The van der Waals surface area contributed by atoms with Crippen molar-refractivity contribution in [1.82, 2.24) is 0 Å². The Balaban J connectivity index is 1.56. The maximum absolute atomic E-state index is 12.4. The molecular formula is C27H34N2O4. The van der Waals surface area contributed by atoms with Crippen molar-refractivity contribution in [3.8, 4) is 5.75 Å². The summed E-state index contributed by atoms with van der Waals surface area (Å²) in [5.41, 5.74) is 8.22. The van der Waals surface area contributed by atoms with Gasteiger partial charge in [-0.15, -0.1) is 0 Å². The van der Waals surface area contributed by atoms with E-state index in [0.29, 0.717) is 25.4 Å². The number of esters is 1. The highest BCUT2D eigenvalue weighted by molar-refractivity contribution is 5.77. The summed E-state index contributed by atoms with van der Waals surface area (Å²) in [6.45, 7) is 6.99. The highest BCUT2D eigenvalue weighted by atomic mass is 16.6. The summed E-state index contributed by atoms with van der Waals surface area (Å²) in [7, 11) is 0. The standard InChI is InChI=1S/C27H34N2O4/c1-27(2,3)33-25(30)14-19-9-12-24-23(13-19)29(16-18-7-5-4-6-8-18)17-21(32-24)15-22(26(28)31)20-10-11-20/h4-9,12-13,20-22H,10-11,14-17H2,1-3H3,(H2,28,31)/t21-,22?/m0/s1. The Labute approximate surface area is 196 Å². The van der Waals surface area contributed by atoms with Crippen molar-refractivity contribution in [3.63, 3.8) is 0 Å². The van der Waals surface area contributed by atoms with Crippen molar-refractivity contribution in [2.75, 3.05) is 11.4 Å². The number of amides is 1. The first-order valence-electron chi connectivity index (χ1n) is 11.8. The van der Waals surface area contributed by atoms with E-state index in [4.69, 9.17) is 15.2 Å². The first-order chi connectivity index (χ1) is 15.7. The third-order valence-corrected chi connectivity index (χ3v) is 6.14. The van der Waals surface area contributed by atoms with Crippen molar-refractivity contribution < 1.29 is 19.1 Å². The average molecular weight is 451 g/mol. The molecule has 1 saturated carbocycles. The number of anilines is 1. The highest BCUT2D eigenvalue weighted by Crippen LogP contribution is 2.42. The lowest BCUT2D eigenvalue weighted by Crippen LogP contribution is -2.42. The number of hydrogen-bond acceptors (Lipinski definition) is 5. The first kappa shape index (κ1) is 23.1. The lowest BCUT2D eigenvalue weighted by molar-refractivity contribution is -0.153. The SMILES string of the molecule is CC(C)(C)OC(=O)Cc1ccc2c(c1)N(Cc1ccccc1)C[C@H](CC(C(N)=O)C1CC1)O2. The number of nitrogens with two attached hydrogens (primary N) is 1. The third-order valence-electron chi connectivity index (χ3n) is 6.14. The van der Waals surface area contributed by atoms with Gasteiger partial charge in [0.25, 0.3) is 0 Å². The Hall–Kier alpha value is -3.02. The number of fused-ring (bicyclic) bond motifs is 1. The van der Waals surface area contributed by atoms with Crippen LogP contribution in [-0.2, 0) is 27.3 Å². The van der Waals surface area contributed by atoms with Crippen molar-refractivity contribution in [2.24, 2.45) is 17.6 Å². The Bertz CT molecular complexity index is 995. The number of rotatable bonds is 8. The van der Waals surface area contributed by atoms with Gasteiger partial charge in [-0.25, -0.2) is 0 Å². The largest absolute Gasteiger partial charge is 0.486 e. The maximum Gasteiger partial charge on any atom is 0.310 e. The molecule has 0 bridgehead atoms. The minimum Gasteiger partial charge on any atom is -0.486 e. The van der Waals surface area contributed by atoms with Gasteiger partial charge < -0.3 is 20.1 Å². The van der Waals surface area contributed by atoms with Crippen molar-refractivity contribution >= 4 is 17.6 Å². The summed E-state index contributed by atoms with van der Waals surface area (Å²) in [6, 6.07) is 16.1. The van der Waals surface area contributed by atoms with Crippen LogP contribution >= 0.6 is 0 Å². The normalized spacial score (nSPS) is 18.8. The van der Waals surface area contributed by atoms with Crippen molar-refractivity contribution in [1.29, 1.82) is 0 Å². The van der Waals surface area contributed by atoms with E-state index in [-0.39, 0.29) is 30.3 Å². The highest BCUT2D eigenvalue weighted by Gasteiger charge is 2.38. The van der Waals surface area contributed by atoms with Crippen LogP contribution in [0.5, 0.6) is 5.75 Å². The van der Waals surface area contributed by atoms with Gasteiger partial charge in [-0.1, -0.05) is 36.4 Å². The van der Waals surface area contributed by atoms with Crippen LogP contribution in [0, 0.1) is 11.8 Å². The van der Waals surface area contributed by atoms with E-state index in [1.165, 1.54) is 5.56 Å². The van der Waals surface area contributed by atoms with E-state index in [0.717, 1.165) is 29.8 Å². The van der Waals surface area contributed by atoms with Gasteiger partial charge in [-0.3, -0.25) is 9.59 Å². The zero-order valence-corrected chi connectivity index (χ0v) is 19.8. The van der Waals surface area contributed by atoms with Gasteiger partial charge in [0, 0.05) is 12.5 Å². The molecule has 1 unspecified atom stereocenters. The van der Waals surface area contributed by atoms with Crippen LogP contribution in [0.4, 0.5) is 5.69 Å². The number of nitrogens with zero attached hydrogens (tertiary/aromatic N) is 1. The zero-order valence-electron chi connectivity index (χ0n) is 19.8. The molecule has 0 radical (unpaired) electrons. The zero-order chi connectivity index (χ0) is 23.6. The molecule has 33 heavy (non-hydrogen) atoms. The van der Waals surface area contributed by atoms with Crippen LogP contribution in [-0.4, -0.2) is 30.1 Å². The first-order valence-corrected chi connectivity index (χ1v) is 11.8. The molecule has 1 amide bonds. The quantitative estimate of drug-likeness (QED) is 0.609. The fourth-order valence-corrected chi connectivity index (χ4v) is 4.52. The number of hydrogen-bond donors (Lipinski definition) is 1. The molecule has 1 heterocycles. The number of primary amides is 1. The van der Waals surface area contributed by atoms with Crippen LogP contribution in [0.2, 0.25) is 0 Å². The molecule has 2 aliphatic rings. The molecule has 6 heteroatoms. The van der Waals surface area contributed by atoms with Gasteiger partial charge in [0.2, 0.25) is 5.91 Å². The average Bonchev–Trinajstić information content (AvgIpc) is 3.56. The lowest BCUT2D eigenvalue weighted by Gasteiger charge is -2.37. The number of carbonyl (C=O) groups is 2. The number of benzene rings is 2. The van der Waals surface area contributed by atoms with Crippen molar-refractivity contribution in [2.45, 2.75) is 64.7 Å². The second-order valence-corrected chi connectivity index (χ2v) is 10.3. The van der Waals surface area contributed by atoms with E-state index in [1.807, 2.05) is 57.2 Å². The van der Waals surface area contributed by atoms with Crippen molar-refractivity contribution in [3.05, 3.63) is 59.7 Å². The van der Waals surface area contributed by atoms with Gasteiger partial charge in [0.15, 0.2) is 0 Å². The predicted molar refractivity (Wildman–Crippen MR) is 128 cm³/mol. The molecule has 4 rings (SSSR count). The summed E-state index contributed by atoms with van der Waals surface area (Å²) in [5, 5.41) is 0. The summed E-state index contributed by atoms with van der Waals surface area (Å²) < 4.78 is 11.8. The molecule has 2 aromatic carbocycles. The summed E-state index contributed by atoms with van der Waals surface area (Å²) in [4.78, 5) is 26.7. The molecule has 0 saturated heterocycles. The topological polar surface area (TPSA) is 81.9 Å². The van der Waals surface area contributed by atoms with Crippen LogP contribution < -0.4 is 15.4 Å². The van der Waals surface area contributed by atoms with Crippen LogP contribution in [0.3, 0.4) is 0 Å². The summed E-state index contributed by atoms with van der Waals surface area (Å²) in [5.74, 6) is 0.552.